The van der Waals surface area contributed by atoms with Crippen LogP contribution in [0.3, 0.4) is 0 Å². The number of pyridine rings is 1. The summed E-state index contributed by atoms with van der Waals surface area (Å²) in [7, 11) is 0. The molecule has 2 N–H and O–H groups in total. The van der Waals surface area contributed by atoms with Gasteiger partial charge in [-0.05, 0) is 26.3 Å². The Bertz CT molecular complexity index is 518. The molecule has 2 heterocycles. The average molecular weight is 247 g/mol. The molecule has 0 saturated carbocycles. The number of nitrogens with zero attached hydrogens (tertiary/aromatic N) is 4. The maximum Gasteiger partial charge on any atom is 0.323 e. The summed E-state index contributed by atoms with van der Waals surface area (Å²) in [6.45, 7) is 6.53. The molecule has 2 aromatic rings. The summed E-state index contributed by atoms with van der Waals surface area (Å²) < 4.78 is 7.45. The van der Waals surface area contributed by atoms with Crippen LogP contribution in [-0.2, 0) is 6.54 Å². The molecule has 0 spiro atoms. The largest absolute Gasteiger partial charge is 0.405 e. The molecular formula is C12H17N5O. The summed E-state index contributed by atoms with van der Waals surface area (Å²) in [6.07, 6.45) is 1.74. The minimum absolute atomic E-state index is 0.180. The predicted octanol–water partition coefficient (Wildman–Crippen LogP) is 1.81. The molecule has 2 rings (SSSR count). The standard InChI is InChI=1S/C12H17N5O/c1-4-17-11(9(3)13)15-16-12(17)18-10-6-5-8(2)7-14-10/h5-7,9H,4,13H2,1-3H3/t9-/m1/s1. The molecule has 0 fully saturated rings. The fourth-order valence-electron chi connectivity index (χ4n) is 1.62. The Balaban J connectivity index is 2.26. The summed E-state index contributed by atoms with van der Waals surface area (Å²) >= 11 is 0. The van der Waals surface area contributed by atoms with E-state index in [4.69, 9.17) is 10.5 Å². The van der Waals surface area contributed by atoms with Gasteiger partial charge in [-0.15, -0.1) is 5.10 Å². The molecule has 0 aliphatic carbocycles. The molecule has 96 valence electrons. The van der Waals surface area contributed by atoms with Crippen LogP contribution < -0.4 is 10.5 Å². The number of hydrogen-bond donors (Lipinski definition) is 1. The normalized spacial score (nSPS) is 12.4. The minimum atomic E-state index is -0.180. The maximum atomic E-state index is 5.82. The third-order valence-corrected chi connectivity index (χ3v) is 2.55. The Labute approximate surface area is 106 Å². The van der Waals surface area contributed by atoms with Gasteiger partial charge < -0.3 is 10.5 Å². The van der Waals surface area contributed by atoms with E-state index < -0.39 is 0 Å². The second kappa shape index (κ2) is 5.14. The Morgan fingerprint density at radius 1 is 1.39 bits per heavy atom. The van der Waals surface area contributed by atoms with Gasteiger partial charge in [0.1, 0.15) is 0 Å². The molecule has 0 aromatic carbocycles. The van der Waals surface area contributed by atoms with Crippen molar-refractivity contribution < 1.29 is 4.74 Å². The van der Waals surface area contributed by atoms with Gasteiger partial charge in [0.25, 0.3) is 0 Å². The maximum absolute atomic E-state index is 5.82. The van der Waals surface area contributed by atoms with Crippen LogP contribution in [0, 0.1) is 6.92 Å². The van der Waals surface area contributed by atoms with Crippen molar-refractivity contribution in [2.45, 2.75) is 33.4 Å². The molecule has 0 saturated heterocycles. The van der Waals surface area contributed by atoms with Crippen LogP contribution in [0.15, 0.2) is 18.3 Å². The molecule has 18 heavy (non-hydrogen) atoms. The fraction of sp³-hybridized carbons (Fsp3) is 0.417. The molecule has 6 nitrogen and oxygen atoms in total. The van der Waals surface area contributed by atoms with E-state index >= 15 is 0 Å². The van der Waals surface area contributed by atoms with Crippen LogP contribution in [0.25, 0.3) is 0 Å². The van der Waals surface area contributed by atoms with Gasteiger partial charge in [0.05, 0.1) is 6.04 Å². The van der Waals surface area contributed by atoms with Gasteiger partial charge in [-0.3, -0.25) is 4.57 Å². The van der Waals surface area contributed by atoms with E-state index in [0.29, 0.717) is 24.3 Å². The van der Waals surface area contributed by atoms with E-state index in [1.165, 1.54) is 0 Å². The van der Waals surface area contributed by atoms with Crippen molar-refractivity contribution in [3.05, 3.63) is 29.7 Å². The van der Waals surface area contributed by atoms with Crippen LogP contribution in [0.1, 0.15) is 31.3 Å². The first-order chi connectivity index (χ1) is 8.61. The fourth-order valence-corrected chi connectivity index (χ4v) is 1.62. The predicted molar refractivity (Wildman–Crippen MR) is 67.3 cm³/mol. The van der Waals surface area contributed by atoms with Gasteiger partial charge in [0, 0.05) is 18.8 Å². The highest BCUT2D eigenvalue weighted by Crippen LogP contribution is 2.20. The summed E-state index contributed by atoms with van der Waals surface area (Å²) in [4.78, 5) is 4.17. The monoisotopic (exact) mass is 247 g/mol. The van der Waals surface area contributed by atoms with Gasteiger partial charge in [-0.25, -0.2) is 4.98 Å². The van der Waals surface area contributed by atoms with Gasteiger partial charge in [0.15, 0.2) is 5.82 Å². The number of hydrogen-bond acceptors (Lipinski definition) is 5. The van der Waals surface area contributed by atoms with E-state index in [9.17, 15) is 0 Å². The van der Waals surface area contributed by atoms with Crippen LogP contribution in [-0.4, -0.2) is 19.7 Å². The highest BCUT2D eigenvalue weighted by Gasteiger charge is 2.15. The Kier molecular flexibility index (Phi) is 3.57. The van der Waals surface area contributed by atoms with Gasteiger partial charge >= 0.3 is 6.01 Å². The van der Waals surface area contributed by atoms with Crippen LogP contribution in [0.2, 0.25) is 0 Å². The third kappa shape index (κ3) is 2.48. The van der Waals surface area contributed by atoms with Gasteiger partial charge in [0.2, 0.25) is 5.88 Å². The van der Waals surface area contributed by atoms with Crippen LogP contribution in [0.4, 0.5) is 0 Å². The van der Waals surface area contributed by atoms with E-state index in [1.54, 1.807) is 12.3 Å². The molecular weight excluding hydrogens is 230 g/mol. The lowest BCUT2D eigenvalue weighted by Gasteiger charge is -2.09. The SMILES string of the molecule is CCn1c(Oc2ccc(C)cn2)nnc1[C@@H](C)N. The number of nitrogens with two attached hydrogens (primary N) is 1. The Hall–Kier alpha value is -1.95. The van der Waals surface area contributed by atoms with E-state index in [2.05, 4.69) is 15.2 Å². The highest BCUT2D eigenvalue weighted by molar-refractivity contribution is 5.19. The van der Waals surface area contributed by atoms with Crippen molar-refractivity contribution in [1.82, 2.24) is 19.7 Å². The summed E-state index contributed by atoms with van der Waals surface area (Å²) in [5.41, 5.74) is 6.90. The van der Waals surface area contributed by atoms with Crippen molar-refractivity contribution in [3.63, 3.8) is 0 Å². The summed E-state index contributed by atoms with van der Waals surface area (Å²) in [5.74, 6) is 1.21. The number of aryl methyl sites for hydroxylation is 1. The lowest BCUT2D eigenvalue weighted by atomic mass is 10.3. The lowest BCUT2D eigenvalue weighted by Crippen LogP contribution is -2.13. The first-order valence-electron chi connectivity index (χ1n) is 5.91. The number of rotatable bonds is 4. The zero-order chi connectivity index (χ0) is 13.1. The Morgan fingerprint density at radius 2 is 2.17 bits per heavy atom. The molecule has 1 atom stereocenters. The first-order valence-corrected chi connectivity index (χ1v) is 5.91. The zero-order valence-corrected chi connectivity index (χ0v) is 10.8. The Morgan fingerprint density at radius 3 is 2.72 bits per heavy atom. The molecule has 0 aliphatic heterocycles. The summed E-state index contributed by atoms with van der Waals surface area (Å²) in [6, 6.07) is 3.97. The van der Waals surface area contributed by atoms with Crippen molar-refractivity contribution in [2.24, 2.45) is 5.73 Å². The third-order valence-electron chi connectivity index (χ3n) is 2.55. The van der Waals surface area contributed by atoms with E-state index in [0.717, 1.165) is 5.56 Å². The minimum Gasteiger partial charge on any atom is -0.405 e. The van der Waals surface area contributed by atoms with E-state index in [-0.39, 0.29) is 6.04 Å². The van der Waals surface area contributed by atoms with Crippen molar-refractivity contribution in [3.8, 4) is 11.9 Å². The zero-order valence-electron chi connectivity index (χ0n) is 10.8. The number of ether oxygens (including phenoxy) is 1. The number of aromatic nitrogens is 4. The molecule has 0 aliphatic rings. The topological polar surface area (TPSA) is 78.8 Å². The second-order valence-electron chi connectivity index (χ2n) is 4.15. The van der Waals surface area contributed by atoms with Crippen molar-refractivity contribution in [2.75, 3.05) is 0 Å². The molecule has 6 heteroatoms. The first kappa shape index (κ1) is 12.5. The smallest absolute Gasteiger partial charge is 0.323 e. The van der Waals surface area contributed by atoms with Crippen molar-refractivity contribution in [1.29, 1.82) is 0 Å². The van der Waals surface area contributed by atoms with E-state index in [1.807, 2.05) is 31.4 Å². The highest BCUT2D eigenvalue weighted by atomic mass is 16.5. The average Bonchev–Trinajstić information content (AvgIpc) is 2.75. The van der Waals surface area contributed by atoms with Crippen LogP contribution >= 0.6 is 0 Å². The lowest BCUT2D eigenvalue weighted by molar-refractivity contribution is 0.395. The second-order valence-corrected chi connectivity index (χ2v) is 4.15. The molecule has 0 amide bonds. The summed E-state index contributed by atoms with van der Waals surface area (Å²) in [5, 5.41) is 8.03. The molecule has 0 radical (unpaired) electrons. The van der Waals surface area contributed by atoms with Gasteiger partial charge in [-0.2, -0.15) is 0 Å². The molecule has 0 bridgehead atoms. The van der Waals surface area contributed by atoms with Crippen LogP contribution in [0.5, 0.6) is 11.9 Å². The quantitative estimate of drug-likeness (QED) is 0.891. The molecule has 0 unspecified atom stereocenters. The molecule has 2 aromatic heterocycles. The van der Waals surface area contributed by atoms with Gasteiger partial charge in [-0.1, -0.05) is 11.2 Å². The van der Waals surface area contributed by atoms with Crippen molar-refractivity contribution >= 4 is 0 Å².